The molecule has 0 heterocycles. The van der Waals surface area contributed by atoms with E-state index in [0.717, 1.165) is 6.42 Å². The van der Waals surface area contributed by atoms with E-state index in [1.54, 1.807) is 0 Å². The lowest BCUT2D eigenvalue weighted by atomic mass is 9.82. The van der Waals surface area contributed by atoms with E-state index >= 15 is 0 Å². The van der Waals surface area contributed by atoms with Crippen molar-refractivity contribution in [2.75, 3.05) is 0 Å². The maximum absolute atomic E-state index is 2.42. The first-order valence-electron chi connectivity index (χ1n) is 13.8. The fraction of sp³-hybridized carbons (Fsp3) is 0.0769. The molecule has 0 bridgehead atoms. The third kappa shape index (κ3) is 3.92. The van der Waals surface area contributed by atoms with E-state index < -0.39 is 0 Å². The van der Waals surface area contributed by atoms with Gasteiger partial charge in [-0.2, -0.15) is 0 Å². The van der Waals surface area contributed by atoms with E-state index in [1.807, 2.05) is 0 Å². The molecule has 0 fully saturated rings. The summed E-state index contributed by atoms with van der Waals surface area (Å²) in [5.41, 5.74) is 13.0. The van der Waals surface area contributed by atoms with Gasteiger partial charge in [0.05, 0.1) is 0 Å². The van der Waals surface area contributed by atoms with Gasteiger partial charge in [-0.25, -0.2) is 0 Å². The Labute approximate surface area is 230 Å². The monoisotopic (exact) mass is 498 g/mol. The summed E-state index contributed by atoms with van der Waals surface area (Å²) in [7, 11) is 0. The first-order chi connectivity index (χ1) is 19.2. The summed E-state index contributed by atoms with van der Waals surface area (Å²) in [5.74, 6) is 0. The molecule has 0 aliphatic heterocycles. The van der Waals surface area contributed by atoms with Crippen molar-refractivity contribution in [1.29, 1.82) is 0 Å². The maximum atomic E-state index is 2.42. The molecule has 39 heavy (non-hydrogen) atoms. The molecule has 0 heteroatoms. The number of benzene rings is 6. The molecule has 0 unspecified atom stereocenters. The number of aryl methyl sites for hydroxylation is 2. The molecule has 0 amide bonds. The van der Waals surface area contributed by atoms with Crippen molar-refractivity contribution in [2.45, 2.75) is 20.3 Å². The lowest BCUT2D eigenvalue weighted by Gasteiger charge is -2.21. The highest BCUT2D eigenvalue weighted by Gasteiger charge is 2.20. The molecule has 1 aliphatic carbocycles. The second-order valence-corrected chi connectivity index (χ2v) is 10.5. The van der Waals surface area contributed by atoms with Crippen molar-refractivity contribution in [3.05, 3.63) is 144 Å². The van der Waals surface area contributed by atoms with Gasteiger partial charge in [0.2, 0.25) is 0 Å². The summed E-state index contributed by atoms with van der Waals surface area (Å²) < 4.78 is 0. The van der Waals surface area contributed by atoms with Crippen LogP contribution in [0.2, 0.25) is 0 Å². The minimum atomic E-state index is 0.939. The van der Waals surface area contributed by atoms with Gasteiger partial charge in [-0.1, -0.05) is 127 Å². The Hall–Kier alpha value is -4.68. The predicted octanol–water partition coefficient (Wildman–Crippen LogP) is 11.0. The van der Waals surface area contributed by atoms with Crippen LogP contribution >= 0.6 is 0 Å². The van der Waals surface area contributed by atoms with Gasteiger partial charge in [-0.15, -0.1) is 0 Å². The van der Waals surface area contributed by atoms with Crippen LogP contribution in [0.3, 0.4) is 0 Å². The van der Waals surface area contributed by atoms with Gasteiger partial charge in [0.25, 0.3) is 0 Å². The van der Waals surface area contributed by atoms with Crippen LogP contribution in [-0.2, 0) is 0 Å². The highest BCUT2D eigenvalue weighted by Crippen LogP contribution is 2.45. The smallest absolute Gasteiger partial charge is 0.00263 e. The molecule has 0 spiro atoms. The van der Waals surface area contributed by atoms with E-state index in [1.165, 1.54) is 77.2 Å². The number of rotatable bonds is 3. The fourth-order valence-corrected chi connectivity index (χ4v) is 6.29. The lowest BCUT2D eigenvalue weighted by molar-refractivity contribution is 1.43. The van der Waals surface area contributed by atoms with Crippen molar-refractivity contribution in [1.82, 2.24) is 0 Å². The van der Waals surface area contributed by atoms with Gasteiger partial charge in [0, 0.05) is 0 Å². The summed E-state index contributed by atoms with van der Waals surface area (Å²) in [6.07, 6.45) is 10.2. The molecule has 0 aromatic heterocycles. The van der Waals surface area contributed by atoms with Gasteiger partial charge in [0.15, 0.2) is 0 Å². The zero-order valence-corrected chi connectivity index (χ0v) is 22.4. The normalized spacial score (nSPS) is 12.6. The highest BCUT2D eigenvalue weighted by atomic mass is 14.2. The molecule has 0 radical (unpaired) electrons. The number of allylic oxidation sites excluding steroid dienone is 2. The molecule has 1 aliphatic rings. The third-order valence-corrected chi connectivity index (χ3v) is 8.21. The number of hydrogen-bond donors (Lipinski definition) is 0. The quantitative estimate of drug-likeness (QED) is 0.228. The van der Waals surface area contributed by atoms with Crippen LogP contribution in [0.5, 0.6) is 0 Å². The average Bonchev–Trinajstić information content (AvgIpc) is 3.23. The second kappa shape index (κ2) is 9.57. The van der Waals surface area contributed by atoms with Gasteiger partial charge in [0.1, 0.15) is 0 Å². The Morgan fingerprint density at radius 1 is 0.487 bits per heavy atom. The van der Waals surface area contributed by atoms with Gasteiger partial charge in [-0.05, 0) is 104 Å². The molecule has 0 N–H and O–H groups in total. The summed E-state index contributed by atoms with van der Waals surface area (Å²) in [5, 5.41) is 5.19. The van der Waals surface area contributed by atoms with Crippen molar-refractivity contribution in [3.8, 4) is 33.4 Å². The minimum absolute atomic E-state index is 0.939. The van der Waals surface area contributed by atoms with Gasteiger partial charge < -0.3 is 0 Å². The molecule has 6 aromatic carbocycles. The first-order valence-corrected chi connectivity index (χ1v) is 13.8. The van der Waals surface area contributed by atoms with Crippen molar-refractivity contribution in [2.24, 2.45) is 0 Å². The fourth-order valence-electron chi connectivity index (χ4n) is 6.29. The van der Waals surface area contributed by atoms with E-state index in [-0.39, 0.29) is 0 Å². The maximum Gasteiger partial charge on any atom is -0.00263 e. The molecular weight excluding hydrogens is 468 g/mol. The van der Waals surface area contributed by atoms with Crippen LogP contribution < -0.4 is 0 Å². The Balaban J connectivity index is 1.54. The SMILES string of the molecule is Cc1ccc(-c2c3c(c(-c4ccccc4)c4ccccc24)C=CCC=C3)cc1-c1ccc2ccccc2c1C. The van der Waals surface area contributed by atoms with Crippen LogP contribution in [0.4, 0.5) is 0 Å². The molecular formula is C39H30. The Morgan fingerprint density at radius 3 is 1.82 bits per heavy atom. The summed E-state index contributed by atoms with van der Waals surface area (Å²) >= 11 is 0. The molecule has 0 atom stereocenters. The molecule has 0 nitrogen and oxygen atoms in total. The molecule has 7 rings (SSSR count). The van der Waals surface area contributed by atoms with E-state index in [9.17, 15) is 0 Å². The zero-order valence-electron chi connectivity index (χ0n) is 22.4. The molecule has 6 aromatic rings. The van der Waals surface area contributed by atoms with Crippen molar-refractivity contribution in [3.63, 3.8) is 0 Å². The summed E-state index contributed by atoms with van der Waals surface area (Å²) in [6, 6.07) is 40.0. The summed E-state index contributed by atoms with van der Waals surface area (Å²) in [4.78, 5) is 0. The number of hydrogen-bond acceptors (Lipinski definition) is 0. The Bertz CT molecular complexity index is 1930. The highest BCUT2D eigenvalue weighted by molar-refractivity contribution is 6.12. The first kappa shape index (κ1) is 23.4. The zero-order chi connectivity index (χ0) is 26.3. The third-order valence-electron chi connectivity index (χ3n) is 8.21. The molecule has 0 saturated heterocycles. The predicted molar refractivity (Wildman–Crippen MR) is 170 cm³/mol. The van der Waals surface area contributed by atoms with E-state index in [2.05, 4.69) is 147 Å². The van der Waals surface area contributed by atoms with Crippen LogP contribution in [0, 0.1) is 13.8 Å². The van der Waals surface area contributed by atoms with Crippen LogP contribution in [0.25, 0.3) is 67.1 Å². The van der Waals surface area contributed by atoms with E-state index in [0.29, 0.717) is 0 Å². The largest absolute Gasteiger partial charge is 0.0801 e. The standard InChI is InChI=1S/C39H30/c1-26-21-22-30(25-37(26)32-24-23-28-13-9-10-16-31(28)27(32)2)39-35-18-8-4-7-17-33(35)38(29-14-5-3-6-15-29)34-19-11-12-20-36(34)39/h3,5-25H,4H2,1-2H3. The van der Waals surface area contributed by atoms with Gasteiger partial charge in [-0.3, -0.25) is 0 Å². The lowest BCUT2D eigenvalue weighted by Crippen LogP contribution is -1.97. The van der Waals surface area contributed by atoms with Crippen LogP contribution in [0.1, 0.15) is 28.7 Å². The van der Waals surface area contributed by atoms with E-state index in [4.69, 9.17) is 0 Å². The summed E-state index contributed by atoms with van der Waals surface area (Å²) in [6.45, 7) is 4.49. The van der Waals surface area contributed by atoms with Crippen molar-refractivity contribution >= 4 is 33.7 Å². The van der Waals surface area contributed by atoms with Gasteiger partial charge >= 0.3 is 0 Å². The molecule has 0 saturated carbocycles. The molecule has 186 valence electrons. The van der Waals surface area contributed by atoms with Crippen LogP contribution in [-0.4, -0.2) is 0 Å². The van der Waals surface area contributed by atoms with Crippen LogP contribution in [0.15, 0.2) is 121 Å². The Kier molecular flexibility index (Phi) is 5.75. The minimum Gasteiger partial charge on any atom is -0.0801 e. The second-order valence-electron chi connectivity index (χ2n) is 10.5. The average molecular weight is 499 g/mol. The topological polar surface area (TPSA) is 0 Å². The Morgan fingerprint density at radius 2 is 1.10 bits per heavy atom. The number of fused-ring (bicyclic) bond motifs is 3. The van der Waals surface area contributed by atoms with Crippen molar-refractivity contribution < 1.29 is 0 Å².